The maximum atomic E-state index is 4.81. The summed E-state index contributed by atoms with van der Waals surface area (Å²) >= 11 is 0. The molecule has 1 atom stereocenters. The number of hydrogen-bond acceptors (Lipinski definition) is 1. The molecule has 0 amide bonds. The summed E-state index contributed by atoms with van der Waals surface area (Å²) in [5.74, 6) is 0.737. The van der Waals surface area contributed by atoms with E-state index >= 15 is 0 Å². The van der Waals surface area contributed by atoms with Crippen LogP contribution in [0, 0.1) is 0 Å². The van der Waals surface area contributed by atoms with Crippen molar-refractivity contribution in [3.05, 3.63) is 41.6 Å². The molecule has 82 valence electrons. The number of aryl methyl sites for hydroxylation is 1. The predicted molar refractivity (Wildman–Crippen MR) is 67.7 cm³/mol. The summed E-state index contributed by atoms with van der Waals surface area (Å²) in [6.45, 7) is 2.29. The fourth-order valence-electron chi connectivity index (χ4n) is 2.82. The smallest absolute Gasteiger partial charge is 0.0705 e. The molecular formula is C15H17N. The summed E-state index contributed by atoms with van der Waals surface area (Å²) in [7, 11) is 0. The van der Waals surface area contributed by atoms with Crippen LogP contribution in [-0.2, 0) is 6.42 Å². The molecule has 16 heavy (non-hydrogen) atoms. The second-order valence-electron chi connectivity index (χ2n) is 4.71. The van der Waals surface area contributed by atoms with E-state index in [0.717, 1.165) is 17.9 Å². The fraction of sp³-hybridized carbons (Fsp3) is 0.400. The summed E-state index contributed by atoms with van der Waals surface area (Å²) in [4.78, 5) is 4.81. The molecule has 1 unspecified atom stereocenters. The molecule has 1 nitrogen and oxygen atoms in total. The number of pyridine rings is 1. The first-order valence-electron chi connectivity index (χ1n) is 6.27. The molecule has 1 aliphatic carbocycles. The Hall–Kier alpha value is -1.37. The van der Waals surface area contributed by atoms with Gasteiger partial charge in [-0.3, -0.25) is 4.98 Å². The second kappa shape index (κ2) is 3.89. The molecule has 3 rings (SSSR count). The van der Waals surface area contributed by atoms with E-state index in [-0.39, 0.29) is 0 Å². The van der Waals surface area contributed by atoms with E-state index < -0.39 is 0 Å². The van der Waals surface area contributed by atoms with Crippen molar-refractivity contribution in [1.29, 1.82) is 0 Å². The molecule has 0 spiro atoms. The number of rotatable bonds is 1. The van der Waals surface area contributed by atoms with Gasteiger partial charge in [-0.05, 0) is 49.3 Å². The maximum Gasteiger partial charge on any atom is 0.0705 e. The first kappa shape index (κ1) is 9.83. The van der Waals surface area contributed by atoms with E-state index in [1.54, 1.807) is 0 Å². The highest BCUT2D eigenvalue weighted by atomic mass is 14.7. The Balaban J connectivity index is 2.21. The Labute approximate surface area is 96.5 Å². The maximum absolute atomic E-state index is 4.81. The molecule has 1 aliphatic rings. The summed E-state index contributed by atoms with van der Waals surface area (Å²) in [5.41, 5.74) is 4.00. The third kappa shape index (κ3) is 1.51. The van der Waals surface area contributed by atoms with Crippen molar-refractivity contribution < 1.29 is 0 Å². The Bertz CT molecular complexity index is 516. The monoisotopic (exact) mass is 211 g/mol. The minimum absolute atomic E-state index is 0.737. The first-order valence-corrected chi connectivity index (χ1v) is 6.27. The van der Waals surface area contributed by atoms with Gasteiger partial charge in [-0.2, -0.15) is 0 Å². The van der Waals surface area contributed by atoms with Gasteiger partial charge in [0, 0.05) is 11.1 Å². The molecule has 0 radical (unpaired) electrons. The minimum Gasteiger partial charge on any atom is -0.253 e. The number of nitrogens with zero attached hydrogens (tertiary/aromatic N) is 1. The van der Waals surface area contributed by atoms with Gasteiger partial charge in [-0.15, -0.1) is 0 Å². The molecule has 0 saturated carbocycles. The van der Waals surface area contributed by atoms with Crippen LogP contribution in [-0.4, -0.2) is 4.98 Å². The Morgan fingerprint density at radius 2 is 2.19 bits per heavy atom. The average Bonchev–Trinajstić information content (AvgIpc) is 2.35. The average molecular weight is 211 g/mol. The van der Waals surface area contributed by atoms with Crippen LogP contribution in [0.15, 0.2) is 30.3 Å². The molecule has 1 aromatic carbocycles. The second-order valence-corrected chi connectivity index (χ2v) is 4.71. The fourth-order valence-corrected chi connectivity index (χ4v) is 2.82. The molecule has 0 saturated heterocycles. The van der Waals surface area contributed by atoms with Crippen molar-refractivity contribution in [2.24, 2.45) is 0 Å². The number of fused-ring (bicyclic) bond motifs is 2. The van der Waals surface area contributed by atoms with E-state index in [1.807, 2.05) is 0 Å². The number of hydrogen-bond donors (Lipinski definition) is 0. The largest absolute Gasteiger partial charge is 0.253 e. The van der Waals surface area contributed by atoms with Crippen LogP contribution in [0.2, 0.25) is 0 Å². The lowest BCUT2D eigenvalue weighted by molar-refractivity contribution is 0.533. The van der Waals surface area contributed by atoms with E-state index in [2.05, 4.69) is 37.3 Å². The van der Waals surface area contributed by atoms with Gasteiger partial charge in [0.05, 0.1) is 5.52 Å². The van der Waals surface area contributed by atoms with Gasteiger partial charge in [0.2, 0.25) is 0 Å². The molecule has 0 N–H and O–H groups in total. The van der Waals surface area contributed by atoms with Crippen molar-refractivity contribution in [2.75, 3.05) is 0 Å². The normalized spacial score (nSPS) is 19.7. The lowest BCUT2D eigenvalue weighted by Gasteiger charge is -2.24. The van der Waals surface area contributed by atoms with Crippen LogP contribution in [0.3, 0.4) is 0 Å². The number of para-hydroxylation sites is 1. The lowest BCUT2D eigenvalue weighted by atomic mass is 9.83. The van der Waals surface area contributed by atoms with Crippen molar-refractivity contribution >= 4 is 10.9 Å². The zero-order chi connectivity index (χ0) is 11.0. The van der Waals surface area contributed by atoms with Gasteiger partial charge in [0.25, 0.3) is 0 Å². The Morgan fingerprint density at radius 3 is 3.06 bits per heavy atom. The van der Waals surface area contributed by atoms with Gasteiger partial charge >= 0.3 is 0 Å². The zero-order valence-electron chi connectivity index (χ0n) is 9.74. The molecule has 0 fully saturated rings. The third-order valence-corrected chi connectivity index (χ3v) is 3.74. The molecule has 2 aromatic rings. The summed E-state index contributed by atoms with van der Waals surface area (Å²) in [5, 5.41) is 1.29. The van der Waals surface area contributed by atoms with Crippen LogP contribution in [0.4, 0.5) is 0 Å². The van der Waals surface area contributed by atoms with Crippen LogP contribution in [0.25, 0.3) is 10.9 Å². The number of aromatic nitrogens is 1. The van der Waals surface area contributed by atoms with E-state index in [9.17, 15) is 0 Å². The van der Waals surface area contributed by atoms with Gasteiger partial charge < -0.3 is 0 Å². The zero-order valence-corrected chi connectivity index (χ0v) is 9.74. The number of benzene rings is 1. The Kier molecular flexibility index (Phi) is 2.39. The summed E-state index contributed by atoms with van der Waals surface area (Å²) in [6, 6.07) is 10.8. The molecule has 1 heterocycles. The molecular weight excluding hydrogens is 194 g/mol. The Morgan fingerprint density at radius 1 is 1.31 bits per heavy atom. The van der Waals surface area contributed by atoms with Crippen molar-refractivity contribution in [1.82, 2.24) is 4.98 Å². The van der Waals surface area contributed by atoms with Gasteiger partial charge in [-0.1, -0.05) is 25.1 Å². The summed E-state index contributed by atoms with van der Waals surface area (Å²) < 4.78 is 0. The molecule has 1 heteroatoms. The molecule has 0 aliphatic heterocycles. The topological polar surface area (TPSA) is 12.9 Å². The first-order chi connectivity index (χ1) is 7.88. The van der Waals surface area contributed by atoms with Crippen molar-refractivity contribution in [3.8, 4) is 0 Å². The quantitative estimate of drug-likeness (QED) is 0.693. The third-order valence-electron chi connectivity index (χ3n) is 3.74. The van der Waals surface area contributed by atoms with Crippen LogP contribution in [0.1, 0.15) is 43.4 Å². The highest BCUT2D eigenvalue weighted by Crippen LogP contribution is 2.34. The van der Waals surface area contributed by atoms with E-state index in [0.29, 0.717) is 0 Å². The molecule has 0 bridgehead atoms. The van der Waals surface area contributed by atoms with E-state index in [4.69, 9.17) is 4.98 Å². The predicted octanol–water partition coefficient (Wildman–Crippen LogP) is 4.06. The molecule has 1 aromatic heterocycles. The van der Waals surface area contributed by atoms with Crippen LogP contribution < -0.4 is 0 Å². The van der Waals surface area contributed by atoms with Crippen molar-refractivity contribution in [3.63, 3.8) is 0 Å². The standard InChI is InChI=1S/C15H17N/c1-2-11-7-5-9-15-13(11)10-12-6-3-4-8-14(12)16-15/h3-4,6,8,10-11H,2,5,7,9H2,1H3. The van der Waals surface area contributed by atoms with Crippen LogP contribution >= 0.6 is 0 Å². The van der Waals surface area contributed by atoms with Crippen molar-refractivity contribution in [2.45, 2.75) is 38.5 Å². The highest BCUT2D eigenvalue weighted by Gasteiger charge is 2.20. The minimum atomic E-state index is 0.737. The van der Waals surface area contributed by atoms with Crippen LogP contribution in [0.5, 0.6) is 0 Å². The van der Waals surface area contributed by atoms with E-state index in [1.165, 1.54) is 35.9 Å². The SMILES string of the molecule is CCC1CCCc2nc3ccccc3cc21. The summed E-state index contributed by atoms with van der Waals surface area (Å²) in [6.07, 6.45) is 5.05. The lowest BCUT2D eigenvalue weighted by Crippen LogP contribution is -2.10. The van der Waals surface area contributed by atoms with Gasteiger partial charge in [0.1, 0.15) is 0 Å². The van der Waals surface area contributed by atoms with Gasteiger partial charge in [-0.25, -0.2) is 0 Å². The van der Waals surface area contributed by atoms with Gasteiger partial charge in [0.15, 0.2) is 0 Å². The highest BCUT2D eigenvalue weighted by molar-refractivity contribution is 5.79.